The Bertz CT molecular complexity index is 1120. The fourth-order valence-corrected chi connectivity index (χ4v) is 3.19. The van der Waals surface area contributed by atoms with Gasteiger partial charge in [-0.25, -0.2) is 0 Å². The molecule has 0 unspecified atom stereocenters. The Labute approximate surface area is 168 Å². The number of hydrogen-bond donors (Lipinski definition) is 1. The van der Waals surface area contributed by atoms with Gasteiger partial charge in [-0.1, -0.05) is 48.5 Å². The maximum Gasteiger partial charge on any atom is 0.254 e. The summed E-state index contributed by atoms with van der Waals surface area (Å²) in [5, 5.41) is 4.86. The van der Waals surface area contributed by atoms with Crippen LogP contribution >= 0.6 is 0 Å². The van der Waals surface area contributed by atoms with E-state index in [4.69, 9.17) is 4.42 Å². The van der Waals surface area contributed by atoms with Gasteiger partial charge in [0.15, 0.2) is 0 Å². The fourth-order valence-electron chi connectivity index (χ4n) is 3.19. The van der Waals surface area contributed by atoms with Crippen molar-refractivity contribution >= 4 is 28.3 Å². The topological polar surface area (TPSA) is 62.6 Å². The average Bonchev–Trinajstić information content (AvgIpc) is 3.26. The van der Waals surface area contributed by atoms with E-state index in [0.717, 1.165) is 10.8 Å². The van der Waals surface area contributed by atoms with Crippen molar-refractivity contribution < 1.29 is 14.0 Å². The third kappa shape index (κ3) is 4.52. The van der Waals surface area contributed by atoms with Crippen LogP contribution in [0.2, 0.25) is 0 Å². The van der Waals surface area contributed by atoms with E-state index >= 15 is 0 Å². The molecule has 0 bridgehead atoms. The summed E-state index contributed by atoms with van der Waals surface area (Å²) in [4.78, 5) is 27.3. The van der Waals surface area contributed by atoms with Gasteiger partial charge in [-0.05, 0) is 47.2 Å². The number of carbonyl (C=O) groups excluding carboxylic acids is 2. The average molecular weight is 384 g/mol. The second kappa shape index (κ2) is 8.44. The van der Waals surface area contributed by atoms with Gasteiger partial charge in [-0.2, -0.15) is 0 Å². The zero-order valence-electron chi connectivity index (χ0n) is 15.7. The standard InChI is InChI=1S/C24H20N2O3/c27-23(25-21-9-2-1-3-10-21)17-26(16-22-11-6-14-29-22)24(28)20-13-12-18-7-4-5-8-19(18)15-20/h1-15H,16-17H2,(H,25,27). The zero-order valence-corrected chi connectivity index (χ0v) is 15.7. The number of amides is 2. The summed E-state index contributed by atoms with van der Waals surface area (Å²) in [5.41, 5.74) is 1.22. The van der Waals surface area contributed by atoms with Crippen LogP contribution in [0.4, 0.5) is 5.69 Å². The normalized spacial score (nSPS) is 10.6. The lowest BCUT2D eigenvalue weighted by Gasteiger charge is -2.21. The largest absolute Gasteiger partial charge is 0.467 e. The van der Waals surface area contributed by atoms with Crippen LogP contribution in [0.5, 0.6) is 0 Å². The number of carbonyl (C=O) groups is 2. The summed E-state index contributed by atoms with van der Waals surface area (Å²) < 4.78 is 5.39. The predicted octanol–water partition coefficient (Wildman–Crippen LogP) is 4.71. The highest BCUT2D eigenvalue weighted by atomic mass is 16.3. The molecule has 3 aromatic carbocycles. The van der Waals surface area contributed by atoms with E-state index in [9.17, 15) is 9.59 Å². The van der Waals surface area contributed by atoms with Gasteiger partial charge in [0.1, 0.15) is 12.3 Å². The van der Waals surface area contributed by atoms with Crippen molar-refractivity contribution in [3.8, 4) is 0 Å². The van der Waals surface area contributed by atoms with Gasteiger partial charge >= 0.3 is 0 Å². The zero-order chi connectivity index (χ0) is 20.1. The van der Waals surface area contributed by atoms with E-state index in [1.165, 1.54) is 4.90 Å². The number of nitrogens with zero attached hydrogens (tertiary/aromatic N) is 1. The van der Waals surface area contributed by atoms with Crippen molar-refractivity contribution in [2.24, 2.45) is 0 Å². The highest BCUT2D eigenvalue weighted by Gasteiger charge is 2.20. The van der Waals surface area contributed by atoms with Gasteiger partial charge in [0.2, 0.25) is 5.91 Å². The van der Waals surface area contributed by atoms with Crippen molar-refractivity contribution in [1.29, 1.82) is 0 Å². The predicted molar refractivity (Wildman–Crippen MR) is 112 cm³/mol. The molecule has 144 valence electrons. The molecule has 0 fully saturated rings. The van der Waals surface area contributed by atoms with E-state index in [2.05, 4.69) is 5.32 Å². The molecule has 5 nitrogen and oxygen atoms in total. The Morgan fingerprint density at radius 3 is 2.34 bits per heavy atom. The molecule has 1 N–H and O–H groups in total. The molecule has 2 amide bonds. The third-order valence-corrected chi connectivity index (χ3v) is 4.60. The molecular formula is C24H20N2O3. The van der Waals surface area contributed by atoms with Crippen molar-refractivity contribution in [3.05, 3.63) is 103 Å². The van der Waals surface area contributed by atoms with Crippen LogP contribution in [0.3, 0.4) is 0 Å². The summed E-state index contributed by atoms with van der Waals surface area (Å²) in [7, 11) is 0. The van der Waals surface area contributed by atoms with Crippen LogP contribution in [0, 0.1) is 0 Å². The smallest absolute Gasteiger partial charge is 0.254 e. The van der Waals surface area contributed by atoms with Crippen LogP contribution in [0.25, 0.3) is 10.8 Å². The lowest BCUT2D eigenvalue weighted by molar-refractivity contribution is -0.117. The summed E-state index contributed by atoms with van der Waals surface area (Å²) in [5.74, 6) is 0.124. The minimum Gasteiger partial charge on any atom is -0.467 e. The Balaban J connectivity index is 1.56. The van der Waals surface area contributed by atoms with E-state index in [1.807, 2.05) is 54.6 Å². The maximum absolute atomic E-state index is 13.2. The van der Waals surface area contributed by atoms with Gasteiger partial charge in [0.05, 0.1) is 12.8 Å². The molecule has 29 heavy (non-hydrogen) atoms. The fraction of sp³-hybridized carbons (Fsp3) is 0.0833. The first-order valence-corrected chi connectivity index (χ1v) is 9.34. The monoisotopic (exact) mass is 384 g/mol. The first kappa shape index (κ1) is 18.5. The van der Waals surface area contributed by atoms with E-state index in [-0.39, 0.29) is 24.9 Å². The molecule has 0 saturated heterocycles. The first-order chi connectivity index (χ1) is 14.2. The molecule has 0 aliphatic rings. The Morgan fingerprint density at radius 1 is 0.828 bits per heavy atom. The molecular weight excluding hydrogens is 364 g/mol. The molecule has 0 spiro atoms. The highest BCUT2D eigenvalue weighted by Crippen LogP contribution is 2.18. The number of hydrogen-bond acceptors (Lipinski definition) is 3. The summed E-state index contributed by atoms with van der Waals surface area (Å²) in [6, 6.07) is 26.1. The molecule has 0 saturated carbocycles. The van der Waals surface area contributed by atoms with Crippen LogP contribution < -0.4 is 5.32 Å². The van der Waals surface area contributed by atoms with E-state index < -0.39 is 0 Å². The van der Waals surface area contributed by atoms with E-state index in [0.29, 0.717) is 17.0 Å². The van der Waals surface area contributed by atoms with Crippen molar-refractivity contribution in [3.63, 3.8) is 0 Å². The lowest BCUT2D eigenvalue weighted by Crippen LogP contribution is -2.37. The van der Waals surface area contributed by atoms with Gasteiger partial charge in [-0.15, -0.1) is 0 Å². The number of fused-ring (bicyclic) bond motifs is 1. The molecule has 1 heterocycles. The van der Waals surface area contributed by atoms with Crippen LogP contribution in [-0.2, 0) is 11.3 Å². The number of benzene rings is 3. The van der Waals surface area contributed by atoms with Gasteiger partial charge < -0.3 is 14.6 Å². The summed E-state index contributed by atoms with van der Waals surface area (Å²) in [6.07, 6.45) is 1.55. The Kier molecular flexibility index (Phi) is 5.38. The van der Waals surface area contributed by atoms with Crippen molar-refractivity contribution in [1.82, 2.24) is 4.90 Å². The van der Waals surface area contributed by atoms with Gasteiger partial charge in [-0.3, -0.25) is 9.59 Å². The second-order valence-electron chi connectivity index (χ2n) is 6.72. The number of nitrogens with one attached hydrogen (secondary N) is 1. The molecule has 1 aromatic heterocycles. The number of rotatable bonds is 6. The van der Waals surface area contributed by atoms with Gasteiger partial charge in [0, 0.05) is 11.3 Å². The molecule has 4 aromatic rings. The molecule has 0 aliphatic carbocycles. The van der Waals surface area contributed by atoms with E-state index in [1.54, 1.807) is 36.6 Å². The number of anilines is 1. The van der Waals surface area contributed by atoms with Crippen molar-refractivity contribution in [2.45, 2.75) is 6.54 Å². The highest BCUT2D eigenvalue weighted by molar-refractivity contribution is 6.01. The third-order valence-electron chi connectivity index (χ3n) is 4.60. The Morgan fingerprint density at radius 2 is 1.59 bits per heavy atom. The van der Waals surface area contributed by atoms with Crippen LogP contribution in [-0.4, -0.2) is 23.3 Å². The SMILES string of the molecule is O=C(CN(Cc1ccco1)C(=O)c1ccc2ccccc2c1)Nc1ccccc1. The van der Waals surface area contributed by atoms with Gasteiger partial charge in [0.25, 0.3) is 5.91 Å². The first-order valence-electron chi connectivity index (χ1n) is 9.34. The summed E-state index contributed by atoms with van der Waals surface area (Å²) in [6.45, 7) is 0.127. The molecule has 0 atom stereocenters. The Hall–Kier alpha value is -3.86. The quantitative estimate of drug-likeness (QED) is 0.523. The minimum atomic E-state index is -0.267. The minimum absolute atomic E-state index is 0.0821. The van der Waals surface area contributed by atoms with Crippen LogP contribution in [0.15, 0.2) is 95.6 Å². The summed E-state index contributed by atoms with van der Waals surface area (Å²) >= 11 is 0. The number of para-hydroxylation sites is 1. The maximum atomic E-state index is 13.2. The lowest BCUT2D eigenvalue weighted by atomic mass is 10.1. The van der Waals surface area contributed by atoms with Crippen LogP contribution in [0.1, 0.15) is 16.1 Å². The number of furan rings is 1. The molecule has 0 radical (unpaired) electrons. The van der Waals surface area contributed by atoms with Crippen molar-refractivity contribution in [2.75, 3.05) is 11.9 Å². The molecule has 5 heteroatoms. The second-order valence-corrected chi connectivity index (χ2v) is 6.72. The molecule has 0 aliphatic heterocycles. The molecule has 4 rings (SSSR count).